The van der Waals surface area contributed by atoms with Crippen LogP contribution in [0.5, 0.6) is 0 Å². The molecule has 0 bridgehead atoms. The number of carbonyl (C=O) groups is 1. The molecule has 1 aromatic carbocycles. The summed E-state index contributed by atoms with van der Waals surface area (Å²) in [5, 5.41) is 7.19. The number of pyridine rings is 1. The van der Waals surface area contributed by atoms with E-state index in [1.165, 1.54) is 10.7 Å². The van der Waals surface area contributed by atoms with Crippen molar-refractivity contribution in [2.75, 3.05) is 18.4 Å². The molecule has 1 N–H and O–H groups in total. The quantitative estimate of drug-likeness (QED) is 0.470. The van der Waals surface area contributed by atoms with Crippen molar-refractivity contribution < 1.29 is 26.7 Å². The van der Waals surface area contributed by atoms with E-state index in [2.05, 4.69) is 15.4 Å². The molecule has 2 aromatic heterocycles. The Bertz CT molecular complexity index is 1220. The number of piperidine rings is 1. The first-order valence-corrected chi connectivity index (χ1v) is 11.4. The van der Waals surface area contributed by atoms with Gasteiger partial charge < -0.3 is 10.2 Å². The van der Waals surface area contributed by atoms with Gasteiger partial charge >= 0.3 is 6.18 Å². The number of aryl methyl sites for hydroxylation is 2. The fourth-order valence-corrected chi connectivity index (χ4v) is 4.48. The lowest BCUT2D eigenvalue weighted by Crippen LogP contribution is -2.57. The first kappa shape index (κ1) is 25.6. The summed E-state index contributed by atoms with van der Waals surface area (Å²) in [6.45, 7) is 2.81. The van der Waals surface area contributed by atoms with Crippen LogP contribution in [0.4, 0.5) is 27.8 Å². The number of alkyl halides is 5. The molecule has 1 saturated heterocycles. The normalized spacial score (nSPS) is 19.8. The number of amides is 1. The molecular weight excluding hydrogens is 481 g/mol. The SMILES string of the molecule is Cc1ccc(-c2cn(C)nc2C(=O)N2CC(F)(F)C[C@@H](C)[C@H]2CNc2ccc(C(F)(F)F)cn2)cc1. The van der Waals surface area contributed by atoms with Crippen LogP contribution in [0.1, 0.15) is 35.0 Å². The van der Waals surface area contributed by atoms with Gasteiger partial charge in [-0.25, -0.2) is 13.8 Å². The van der Waals surface area contributed by atoms with E-state index in [0.717, 1.165) is 22.1 Å². The summed E-state index contributed by atoms with van der Waals surface area (Å²) in [5.74, 6) is -4.16. The lowest BCUT2D eigenvalue weighted by Gasteiger charge is -2.43. The molecule has 0 saturated carbocycles. The van der Waals surface area contributed by atoms with Crippen molar-refractivity contribution in [2.24, 2.45) is 13.0 Å². The monoisotopic (exact) mass is 507 g/mol. The molecule has 2 atom stereocenters. The molecule has 6 nitrogen and oxygen atoms in total. The summed E-state index contributed by atoms with van der Waals surface area (Å²) in [4.78, 5) is 18.5. The van der Waals surface area contributed by atoms with Gasteiger partial charge in [-0.1, -0.05) is 36.8 Å². The molecule has 0 radical (unpaired) electrons. The van der Waals surface area contributed by atoms with Crippen LogP contribution < -0.4 is 5.32 Å². The summed E-state index contributed by atoms with van der Waals surface area (Å²) in [5.41, 5.74) is 1.46. The molecule has 0 spiro atoms. The van der Waals surface area contributed by atoms with Crippen molar-refractivity contribution in [3.05, 3.63) is 65.6 Å². The number of halogens is 5. The van der Waals surface area contributed by atoms with E-state index in [-0.39, 0.29) is 18.1 Å². The van der Waals surface area contributed by atoms with Crippen LogP contribution in [0.25, 0.3) is 11.1 Å². The van der Waals surface area contributed by atoms with Gasteiger partial charge in [0.05, 0.1) is 18.2 Å². The summed E-state index contributed by atoms with van der Waals surface area (Å²) in [7, 11) is 1.65. The standard InChI is InChI=1S/C25H26F5N5O/c1-15-4-6-17(7-5-15)19-13-34(3)33-22(19)23(36)35-14-24(26,27)10-16(2)20(35)12-32-21-9-8-18(11-31-21)25(28,29)30/h4-9,11,13,16,20H,10,12,14H2,1-3H3,(H,31,32)/t16-,20-/m1/s1. The average Bonchev–Trinajstić information content (AvgIpc) is 3.19. The van der Waals surface area contributed by atoms with Gasteiger partial charge in [-0.3, -0.25) is 9.48 Å². The van der Waals surface area contributed by atoms with E-state index in [1.807, 2.05) is 31.2 Å². The Morgan fingerprint density at radius 1 is 1.17 bits per heavy atom. The fourth-order valence-electron chi connectivity index (χ4n) is 4.48. The Morgan fingerprint density at radius 3 is 2.47 bits per heavy atom. The number of nitrogens with zero attached hydrogens (tertiary/aromatic N) is 4. The molecule has 0 aliphatic carbocycles. The predicted molar refractivity (Wildman–Crippen MR) is 125 cm³/mol. The van der Waals surface area contributed by atoms with Crippen LogP contribution in [-0.4, -0.2) is 50.6 Å². The highest BCUT2D eigenvalue weighted by Gasteiger charge is 2.46. The molecule has 36 heavy (non-hydrogen) atoms. The van der Waals surface area contributed by atoms with Gasteiger partial charge in [0.1, 0.15) is 5.82 Å². The summed E-state index contributed by atoms with van der Waals surface area (Å²) >= 11 is 0. The van der Waals surface area contributed by atoms with Gasteiger partial charge in [0, 0.05) is 38.0 Å². The lowest BCUT2D eigenvalue weighted by atomic mass is 9.88. The van der Waals surface area contributed by atoms with Crippen LogP contribution >= 0.6 is 0 Å². The largest absolute Gasteiger partial charge is 0.417 e. The number of benzene rings is 1. The van der Waals surface area contributed by atoms with Crippen LogP contribution in [0.2, 0.25) is 0 Å². The van der Waals surface area contributed by atoms with Crippen molar-refractivity contribution in [2.45, 2.75) is 38.4 Å². The maximum Gasteiger partial charge on any atom is 0.417 e. The Morgan fingerprint density at radius 2 is 1.86 bits per heavy atom. The summed E-state index contributed by atoms with van der Waals surface area (Å²) in [6.07, 6.45) is -2.57. The minimum Gasteiger partial charge on any atom is -0.368 e. The Balaban J connectivity index is 1.60. The van der Waals surface area contributed by atoms with Gasteiger partial charge in [0.15, 0.2) is 5.69 Å². The fraction of sp³-hybridized carbons (Fsp3) is 0.400. The van der Waals surface area contributed by atoms with Crippen LogP contribution in [0.15, 0.2) is 48.8 Å². The first-order valence-electron chi connectivity index (χ1n) is 11.4. The number of hydrogen-bond acceptors (Lipinski definition) is 4. The molecule has 3 aromatic rings. The van der Waals surface area contributed by atoms with Gasteiger partial charge in [-0.15, -0.1) is 0 Å². The smallest absolute Gasteiger partial charge is 0.368 e. The van der Waals surface area contributed by atoms with Crippen molar-refractivity contribution in [3.63, 3.8) is 0 Å². The third kappa shape index (κ3) is 5.50. The van der Waals surface area contributed by atoms with Crippen LogP contribution in [0.3, 0.4) is 0 Å². The van der Waals surface area contributed by atoms with Crippen LogP contribution in [0, 0.1) is 12.8 Å². The van der Waals surface area contributed by atoms with E-state index in [9.17, 15) is 26.7 Å². The molecular formula is C25H26F5N5O. The molecule has 4 rings (SSSR count). The van der Waals surface area contributed by atoms with E-state index in [1.54, 1.807) is 20.2 Å². The van der Waals surface area contributed by atoms with Crippen molar-refractivity contribution in [3.8, 4) is 11.1 Å². The van der Waals surface area contributed by atoms with Gasteiger partial charge in [0.25, 0.3) is 11.8 Å². The minimum atomic E-state index is -4.52. The van der Waals surface area contributed by atoms with Crippen LogP contribution in [-0.2, 0) is 13.2 Å². The number of rotatable bonds is 5. The Hall–Kier alpha value is -3.50. The maximum atomic E-state index is 14.6. The topological polar surface area (TPSA) is 63.1 Å². The second-order valence-corrected chi connectivity index (χ2v) is 9.28. The zero-order chi connectivity index (χ0) is 26.3. The lowest BCUT2D eigenvalue weighted by molar-refractivity contribution is -0.137. The molecule has 3 heterocycles. The Kier molecular flexibility index (Phi) is 6.76. The number of nitrogens with one attached hydrogen (secondary N) is 1. The zero-order valence-electron chi connectivity index (χ0n) is 20.0. The van der Waals surface area contributed by atoms with Crippen molar-refractivity contribution >= 4 is 11.7 Å². The molecule has 11 heteroatoms. The average molecular weight is 508 g/mol. The third-order valence-electron chi connectivity index (χ3n) is 6.32. The van der Waals surface area contributed by atoms with Gasteiger partial charge in [-0.05, 0) is 30.5 Å². The molecule has 1 amide bonds. The molecule has 1 aliphatic heterocycles. The van der Waals surface area contributed by atoms with Gasteiger partial charge in [-0.2, -0.15) is 18.3 Å². The third-order valence-corrected chi connectivity index (χ3v) is 6.32. The van der Waals surface area contributed by atoms with E-state index in [0.29, 0.717) is 11.8 Å². The van der Waals surface area contributed by atoms with E-state index >= 15 is 0 Å². The number of anilines is 1. The second kappa shape index (κ2) is 9.51. The molecule has 1 fully saturated rings. The maximum absolute atomic E-state index is 14.6. The predicted octanol–water partition coefficient (Wildman–Crippen LogP) is 5.41. The second-order valence-electron chi connectivity index (χ2n) is 9.28. The number of carbonyl (C=O) groups excluding carboxylic acids is 1. The van der Waals surface area contributed by atoms with E-state index in [4.69, 9.17) is 0 Å². The highest BCUT2D eigenvalue weighted by molar-refractivity contribution is 5.99. The van der Waals surface area contributed by atoms with Gasteiger partial charge in [0.2, 0.25) is 0 Å². The number of hydrogen-bond donors (Lipinski definition) is 1. The molecule has 192 valence electrons. The summed E-state index contributed by atoms with van der Waals surface area (Å²) in [6, 6.07) is 8.85. The van der Waals surface area contributed by atoms with Crippen molar-refractivity contribution in [1.29, 1.82) is 0 Å². The Labute approximate surface area is 205 Å². The number of aromatic nitrogens is 3. The first-order chi connectivity index (χ1) is 16.8. The number of likely N-dealkylation sites (tertiary alicyclic amines) is 1. The highest BCUT2D eigenvalue weighted by atomic mass is 19.4. The summed E-state index contributed by atoms with van der Waals surface area (Å²) < 4.78 is 69.1. The highest BCUT2D eigenvalue weighted by Crippen LogP contribution is 2.36. The molecule has 0 unspecified atom stereocenters. The van der Waals surface area contributed by atoms with Crippen molar-refractivity contribution in [1.82, 2.24) is 19.7 Å². The zero-order valence-corrected chi connectivity index (χ0v) is 20.0. The van der Waals surface area contributed by atoms with E-state index < -0.39 is 48.5 Å². The molecule has 1 aliphatic rings. The minimum absolute atomic E-state index is 0.0358.